The molecule has 2 aromatic carbocycles. The first-order valence-electron chi connectivity index (χ1n) is 12.3. The number of benzene rings is 2. The average molecular weight is 491 g/mol. The molecule has 1 aliphatic heterocycles. The van der Waals surface area contributed by atoms with Gasteiger partial charge < -0.3 is 9.64 Å². The number of carbonyl (C=O) groups is 1. The summed E-state index contributed by atoms with van der Waals surface area (Å²) >= 11 is 1.74. The van der Waals surface area contributed by atoms with Crippen LogP contribution in [0.25, 0.3) is 26.4 Å². The summed E-state index contributed by atoms with van der Waals surface area (Å²) in [6.07, 6.45) is 0.594. The van der Waals surface area contributed by atoms with Gasteiger partial charge in [-0.15, -0.1) is 0 Å². The van der Waals surface area contributed by atoms with Crippen molar-refractivity contribution in [1.29, 1.82) is 0 Å². The lowest BCUT2D eigenvalue weighted by atomic mass is 9.91. The minimum absolute atomic E-state index is 0.0153. The highest BCUT2D eigenvalue weighted by molar-refractivity contribution is 7.23. The molecule has 0 spiro atoms. The van der Waals surface area contributed by atoms with E-state index in [1.54, 1.807) is 18.4 Å². The number of amides is 1. The van der Waals surface area contributed by atoms with E-state index in [0.29, 0.717) is 6.42 Å². The third kappa shape index (κ3) is 4.93. The van der Waals surface area contributed by atoms with E-state index in [0.717, 1.165) is 54.7 Å². The van der Waals surface area contributed by atoms with Gasteiger partial charge in [0, 0.05) is 44.7 Å². The summed E-state index contributed by atoms with van der Waals surface area (Å²) in [6, 6.07) is 14.8. The maximum Gasteiger partial charge on any atom is 0.223 e. The number of hydrogen-bond acceptors (Lipinski definition) is 5. The SMILES string of the molecule is COc1cccc(-c2nc3sc4cc(C)ccc4n3c2CN2CCN(C(=O)CC(C)(C)C)CC2)c1. The molecule has 1 saturated heterocycles. The predicted octanol–water partition coefficient (Wildman–Crippen LogP) is 5.61. The number of thiazole rings is 1. The molecule has 0 bridgehead atoms. The van der Waals surface area contributed by atoms with Crippen LogP contribution in [0.3, 0.4) is 0 Å². The smallest absolute Gasteiger partial charge is 0.223 e. The van der Waals surface area contributed by atoms with E-state index in [1.165, 1.54) is 21.5 Å². The molecule has 3 heterocycles. The van der Waals surface area contributed by atoms with Crippen LogP contribution in [0.4, 0.5) is 0 Å². The first-order valence-corrected chi connectivity index (χ1v) is 13.1. The first-order chi connectivity index (χ1) is 16.7. The monoisotopic (exact) mass is 490 g/mol. The number of piperazine rings is 1. The summed E-state index contributed by atoms with van der Waals surface area (Å²) in [6.45, 7) is 12.6. The lowest BCUT2D eigenvalue weighted by Gasteiger charge is -2.36. The summed E-state index contributed by atoms with van der Waals surface area (Å²) in [5, 5.41) is 0. The standard InChI is InChI=1S/C28H34N4O2S/c1-19-9-10-22-24(15-19)35-27-29-26(20-7-6-8-21(16-20)34-5)23(32(22)27)18-30-11-13-31(14-12-30)25(33)17-28(2,3)4/h6-10,15-16H,11-14,17-18H2,1-5H3. The molecule has 7 heteroatoms. The lowest BCUT2D eigenvalue weighted by molar-refractivity contribution is -0.134. The normalized spacial score (nSPS) is 15.3. The van der Waals surface area contributed by atoms with Gasteiger partial charge in [0.1, 0.15) is 5.75 Å². The fourth-order valence-electron chi connectivity index (χ4n) is 4.81. The van der Waals surface area contributed by atoms with Crippen LogP contribution in [0.15, 0.2) is 42.5 Å². The Bertz CT molecular complexity index is 1370. The summed E-state index contributed by atoms with van der Waals surface area (Å²) in [7, 11) is 1.70. The highest BCUT2D eigenvalue weighted by Crippen LogP contribution is 2.35. The molecule has 184 valence electrons. The molecule has 2 aromatic heterocycles. The molecule has 5 rings (SSSR count). The second-order valence-corrected chi connectivity index (χ2v) is 11.7. The fraction of sp³-hybridized carbons (Fsp3) is 0.429. The number of rotatable bonds is 5. The molecule has 0 aliphatic carbocycles. The van der Waals surface area contributed by atoms with Crippen LogP contribution in [0.5, 0.6) is 5.75 Å². The minimum atomic E-state index is 0.0153. The van der Waals surface area contributed by atoms with Crippen molar-refractivity contribution in [2.45, 2.75) is 40.7 Å². The topological polar surface area (TPSA) is 50.1 Å². The quantitative estimate of drug-likeness (QED) is 0.365. The van der Waals surface area contributed by atoms with Crippen LogP contribution in [-0.2, 0) is 11.3 Å². The predicted molar refractivity (Wildman–Crippen MR) is 143 cm³/mol. The van der Waals surface area contributed by atoms with E-state index >= 15 is 0 Å². The molecule has 0 radical (unpaired) electrons. The van der Waals surface area contributed by atoms with Crippen LogP contribution in [0.2, 0.25) is 0 Å². The minimum Gasteiger partial charge on any atom is -0.497 e. The Morgan fingerprint density at radius 2 is 1.86 bits per heavy atom. The van der Waals surface area contributed by atoms with Crippen molar-refractivity contribution in [2.24, 2.45) is 5.41 Å². The molecule has 0 saturated carbocycles. The summed E-state index contributed by atoms with van der Waals surface area (Å²) in [4.78, 5) is 23.3. The first kappa shape index (κ1) is 23.8. The number of ether oxygens (including phenoxy) is 1. The molecular weight excluding hydrogens is 456 g/mol. The molecular formula is C28H34N4O2S. The molecule has 1 fully saturated rings. The van der Waals surface area contributed by atoms with Gasteiger partial charge in [-0.3, -0.25) is 14.1 Å². The van der Waals surface area contributed by atoms with Gasteiger partial charge >= 0.3 is 0 Å². The summed E-state index contributed by atoms with van der Waals surface area (Å²) in [5.74, 6) is 1.09. The van der Waals surface area contributed by atoms with Crippen molar-refractivity contribution in [2.75, 3.05) is 33.3 Å². The number of aryl methyl sites for hydroxylation is 1. The molecule has 35 heavy (non-hydrogen) atoms. The van der Waals surface area contributed by atoms with Crippen LogP contribution in [0, 0.1) is 12.3 Å². The zero-order chi connectivity index (χ0) is 24.7. The van der Waals surface area contributed by atoms with Gasteiger partial charge in [-0.25, -0.2) is 4.98 Å². The van der Waals surface area contributed by atoms with E-state index < -0.39 is 0 Å². The molecule has 0 unspecified atom stereocenters. The van der Waals surface area contributed by atoms with Gasteiger partial charge in [0.15, 0.2) is 4.96 Å². The van der Waals surface area contributed by atoms with Gasteiger partial charge in [-0.1, -0.05) is 50.3 Å². The van der Waals surface area contributed by atoms with E-state index in [-0.39, 0.29) is 11.3 Å². The molecule has 6 nitrogen and oxygen atoms in total. The Balaban J connectivity index is 1.47. The number of carbonyl (C=O) groups excluding carboxylic acids is 1. The van der Waals surface area contributed by atoms with Gasteiger partial charge in [0.2, 0.25) is 5.91 Å². The maximum atomic E-state index is 12.7. The molecule has 4 aromatic rings. The third-order valence-electron chi connectivity index (χ3n) is 6.62. The van der Waals surface area contributed by atoms with Gasteiger partial charge in [0.25, 0.3) is 0 Å². The highest BCUT2D eigenvalue weighted by Gasteiger charge is 2.27. The Hall–Kier alpha value is -2.90. The zero-order valence-corrected chi connectivity index (χ0v) is 22.1. The number of aromatic nitrogens is 2. The Labute approximate surface area is 211 Å². The van der Waals surface area contributed by atoms with Gasteiger partial charge in [-0.2, -0.15) is 0 Å². The Kier molecular flexibility index (Phi) is 6.32. The second kappa shape index (κ2) is 9.28. The van der Waals surface area contributed by atoms with Crippen LogP contribution in [0.1, 0.15) is 38.4 Å². The van der Waals surface area contributed by atoms with E-state index in [9.17, 15) is 4.79 Å². The average Bonchev–Trinajstić information content (AvgIpc) is 3.34. The van der Waals surface area contributed by atoms with Crippen molar-refractivity contribution < 1.29 is 9.53 Å². The molecule has 0 N–H and O–H groups in total. The van der Waals surface area contributed by atoms with Gasteiger partial charge in [-0.05, 0) is 42.2 Å². The molecule has 1 amide bonds. The Morgan fingerprint density at radius 3 is 2.57 bits per heavy atom. The summed E-state index contributed by atoms with van der Waals surface area (Å²) < 4.78 is 9.07. The number of methoxy groups -OCH3 is 1. The van der Waals surface area contributed by atoms with E-state index in [4.69, 9.17) is 9.72 Å². The number of nitrogens with zero attached hydrogens (tertiary/aromatic N) is 4. The van der Waals surface area contributed by atoms with E-state index in [1.807, 2.05) is 17.0 Å². The Morgan fingerprint density at radius 1 is 1.09 bits per heavy atom. The number of fused-ring (bicyclic) bond motifs is 3. The fourth-order valence-corrected chi connectivity index (χ4v) is 5.96. The lowest BCUT2D eigenvalue weighted by Crippen LogP contribution is -2.49. The summed E-state index contributed by atoms with van der Waals surface area (Å²) in [5.41, 5.74) is 5.73. The van der Waals surface area contributed by atoms with E-state index in [2.05, 4.69) is 67.3 Å². The maximum absolute atomic E-state index is 12.7. The number of imidazole rings is 1. The second-order valence-electron chi connectivity index (χ2n) is 10.7. The van der Waals surface area contributed by atoms with Crippen molar-refractivity contribution in [3.05, 3.63) is 53.7 Å². The number of hydrogen-bond donors (Lipinski definition) is 0. The van der Waals surface area contributed by atoms with Gasteiger partial charge in [0.05, 0.1) is 28.7 Å². The van der Waals surface area contributed by atoms with Crippen molar-refractivity contribution >= 4 is 32.4 Å². The van der Waals surface area contributed by atoms with Crippen molar-refractivity contribution in [1.82, 2.24) is 19.2 Å². The molecule has 1 aliphatic rings. The largest absolute Gasteiger partial charge is 0.497 e. The van der Waals surface area contributed by atoms with Crippen molar-refractivity contribution in [3.8, 4) is 17.0 Å². The zero-order valence-electron chi connectivity index (χ0n) is 21.3. The van der Waals surface area contributed by atoms with Crippen LogP contribution >= 0.6 is 11.3 Å². The highest BCUT2D eigenvalue weighted by atomic mass is 32.1. The van der Waals surface area contributed by atoms with Crippen LogP contribution in [-0.4, -0.2) is 58.4 Å². The molecule has 0 atom stereocenters. The van der Waals surface area contributed by atoms with Crippen LogP contribution < -0.4 is 4.74 Å². The van der Waals surface area contributed by atoms with Crippen molar-refractivity contribution in [3.63, 3.8) is 0 Å². The third-order valence-corrected chi connectivity index (χ3v) is 7.63.